The lowest BCUT2D eigenvalue weighted by atomic mass is 10.1. The van der Waals surface area contributed by atoms with Crippen molar-refractivity contribution in [3.05, 3.63) is 17.2 Å². The zero-order valence-electron chi connectivity index (χ0n) is 16.0. The minimum absolute atomic E-state index is 0.103. The SMILES string of the molecule is CC(C)(C)OC(=O)N1CC(C(=O)O)Oc2cc(N(C(O)(O)O)C(O)(O)O)c(Cl)cc21. The van der Waals surface area contributed by atoms with E-state index in [1.807, 2.05) is 0 Å². The summed E-state index contributed by atoms with van der Waals surface area (Å²) < 4.78 is 10.5. The number of halogens is 1. The number of nitrogens with zero attached hydrogens (tertiary/aromatic N) is 2. The van der Waals surface area contributed by atoms with Crippen molar-refractivity contribution in [2.75, 3.05) is 16.3 Å². The molecule has 1 aromatic carbocycles. The minimum atomic E-state index is -4.03. The first kappa shape index (κ1) is 23.9. The molecule has 13 nitrogen and oxygen atoms in total. The van der Waals surface area contributed by atoms with Gasteiger partial charge in [-0.25, -0.2) is 14.5 Å². The summed E-state index contributed by atoms with van der Waals surface area (Å²) in [7, 11) is 0. The van der Waals surface area contributed by atoms with Crippen LogP contribution in [0.1, 0.15) is 20.8 Å². The van der Waals surface area contributed by atoms with E-state index in [1.54, 1.807) is 20.8 Å². The molecule has 7 N–H and O–H groups in total. The Bertz CT molecular complexity index is 827. The van der Waals surface area contributed by atoms with Gasteiger partial charge >= 0.3 is 24.3 Å². The quantitative estimate of drug-likeness (QED) is 0.272. The lowest BCUT2D eigenvalue weighted by molar-refractivity contribution is -0.395. The van der Waals surface area contributed by atoms with Gasteiger partial charge in [-0.05, 0) is 26.8 Å². The fourth-order valence-corrected chi connectivity index (χ4v) is 2.85. The highest BCUT2D eigenvalue weighted by Gasteiger charge is 2.46. The smallest absolute Gasteiger partial charge is 0.415 e. The summed E-state index contributed by atoms with van der Waals surface area (Å²) in [5.74, 6) is -1.85. The average Bonchev–Trinajstić information content (AvgIpc) is 2.50. The summed E-state index contributed by atoms with van der Waals surface area (Å²) in [5, 5.41) is 65.1. The van der Waals surface area contributed by atoms with Crippen molar-refractivity contribution in [3.63, 3.8) is 0 Å². The molecular weight excluding hydrogens is 432 g/mol. The van der Waals surface area contributed by atoms with Gasteiger partial charge in [0.15, 0.2) is 0 Å². The average molecular weight is 453 g/mol. The van der Waals surface area contributed by atoms with E-state index in [2.05, 4.69) is 0 Å². The number of carbonyl (C=O) groups is 2. The van der Waals surface area contributed by atoms with Gasteiger partial charge in [0.05, 0.1) is 22.9 Å². The summed E-state index contributed by atoms with van der Waals surface area (Å²) in [6.07, 6.45) is -10.6. The first-order chi connectivity index (χ1) is 13.4. The topological polar surface area (TPSA) is 201 Å². The standard InChI is InChI=1S/C16H21ClN2O11/c1-14(2,3)30-13(22)18-6-11(12(20)21)29-10-5-8(7(17)4-9(10)18)19(15(23,24)25)16(26,27)28/h4-5,11,23-28H,6H2,1-3H3,(H,20,21). The van der Waals surface area contributed by atoms with E-state index in [1.165, 1.54) is 0 Å². The molecule has 0 saturated carbocycles. The summed E-state index contributed by atoms with van der Waals surface area (Å²) in [6.45, 7) is 4.29. The van der Waals surface area contributed by atoms with Crippen LogP contribution in [0.3, 0.4) is 0 Å². The van der Waals surface area contributed by atoms with Gasteiger partial charge in [0.1, 0.15) is 11.4 Å². The fraction of sp³-hybridized carbons (Fsp3) is 0.500. The van der Waals surface area contributed by atoms with E-state index >= 15 is 0 Å². The van der Waals surface area contributed by atoms with Crippen LogP contribution in [0, 0.1) is 0 Å². The number of amides is 1. The van der Waals surface area contributed by atoms with Crippen molar-refractivity contribution in [2.45, 2.75) is 44.7 Å². The van der Waals surface area contributed by atoms with Gasteiger partial charge in [-0.3, -0.25) is 4.90 Å². The number of hydrogen-bond donors (Lipinski definition) is 7. The third kappa shape index (κ3) is 5.20. The molecular formula is C16H21ClN2O11. The maximum Gasteiger partial charge on any atom is 0.415 e. The van der Waals surface area contributed by atoms with E-state index in [4.69, 9.17) is 21.1 Å². The number of benzene rings is 1. The van der Waals surface area contributed by atoms with Crippen LogP contribution in [0.25, 0.3) is 0 Å². The second-order valence-corrected chi connectivity index (χ2v) is 7.75. The third-order valence-corrected chi connectivity index (χ3v) is 3.97. The highest BCUT2D eigenvalue weighted by molar-refractivity contribution is 6.33. The van der Waals surface area contributed by atoms with Crippen molar-refractivity contribution in [1.82, 2.24) is 0 Å². The number of carboxylic acids is 1. The predicted molar refractivity (Wildman–Crippen MR) is 98.3 cm³/mol. The van der Waals surface area contributed by atoms with Gasteiger partial charge in [-0.1, -0.05) is 11.6 Å². The molecule has 0 fully saturated rings. The molecule has 1 aliphatic rings. The molecule has 2 rings (SSSR count). The van der Waals surface area contributed by atoms with Crippen LogP contribution in [-0.4, -0.2) is 78.3 Å². The van der Waals surface area contributed by atoms with Gasteiger partial charge in [0, 0.05) is 6.07 Å². The van der Waals surface area contributed by atoms with E-state index < -0.39 is 63.9 Å². The monoisotopic (exact) mass is 452 g/mol. The van der Waals surface area contributed by atoms with E-state index in [0.717, 1.165) is 17.0 Å². The molecule has 0 bridgehead atoms. The molecule has 0 aromatic heterocycles. The van der Waals surface area contributed by atoms with E-state index in [0.29, 0.717) is 0 Å². The molecule has 30 heavy (non-hydrogen) atoms. The summed E-state index contributed by atoms with van der Waals surface area (Å²) >= 11 is 6.01. The minimum Gasteiger partial charge on any atom is -0.478 e. The van der Waals surface area contributed by atoms with Crippen LogP contribution < -0.4 is 14.5 Å². The Morgan fingerprint density at radius 2 is 1.67 bits per heavy atom. The van der Waals surface area contributed by atoms with Crippen LogP contribution in [-0.2, 0) is 9.53 Å². The molecule has 1 amide bonds. The Morgan fingerprint density at radius 3 is 2.10 bits per heavy atom. The number of hydrogen-bond acceptors (Lipinski definition) is 11. The van der Waals surface area contributed by atoms with Crippen molar-refractivity contribution >= 4 is 35.0 Å². The Hall–Kier alpha value is -2.39. The number of carbonyl (C=O) groups excluding carboxylic acids is 1. The maximum absolute atomic E-state index is 12.6. The zero-order chi connectivity index (χ0) is 23.2. The maximum atomic E-state index is 12.6. The third-order valence-electron chi connectivity index (χ3n) is 3.67. The Kier molecular flexibility index (Phi) is 6.13. The van der Waals surface area contributed by atoms with E-state index in [9.17, 15) is 45.3 Å². The molecule has 1 atom stereocenters. The lowest BCUT2D eigenvalue weighted by Crippen LogP contribution is -2.62. The summed E-state index contributed by atoms with van der Waals surface area (Å²) in [4.78, 5) is 24.4. The van der Waals surface area contributed by atoms with Crippen LogP contribution >= 0.6 is 11.6 Å². The normalized spacial score (nSPS) is 17.1. The van der Waals surface area contributed by atoms with Crippen LogP contribution in [0.4, 0.5) is 16.2 Å². The van der Waals surface area contributed by atoms with Crippen molar-refractivity contribution in [3.8, 4) is 5.75 Å². The summed E-state index contributed by atoms with van der Waals surface area (Å²) in [6, 6.07) is 1.72. The predicted octanol–water partition coefficient (Wildman–Crippen LogP) is -1.09. The molecule has 14 heteroatoms. The number of fused-ring (bicyclic) bond motifs is 1. The second-order valence-electron chi connectivity index (χ2n) is 7.34. The van der Waals surface area contributed by atoms with Crippen LogP contribution in [0.5, 0.6) is 5.75 Å². The number of aliphatic hydroxyl groups is 6. The van der Waals surface area contributed by atoms with E-state index in [-0.39, 0.29) is 5.69 Å². The van der Waals surface area contributed by atoms with Gasteiger partial charge in [0.2, 0.25) is 6.10 Å². The number of aliphatic carboxylic acids is 1. The molecule has 0 radical (unpaired) electrons. The number of ether oxygens (including phenoxy) is 2. The number of carboxylic acid groups (broad SMARTS) is 1. The highest BCUT2D eigenvalue weighted by atomic mass is 35.5. The molecule has 1 unspecified atom stereocenters. The molecule has 1 heterocycles. The number of anilines is 2. The first-order valence-corrected chi connectivity index (χ1v) is 8.67. The van der Waals surface area contributed by atoms with Crippen molar-refractivity contribution < 1.29 is 54.8 Å². The van der Waals surface area contributed by atoms with Crippen LogP contribution in [0.15, 0.2) is 12.1 Å². The Morgan fingerprint density at radius 1 is 1.13 bits per heavy atom. The molecule has 0 aliphatic carbocycles. The number of rotatable bonds is 4. The Balaban J connectivity index is 2.63. The van der Waals surface area contributed by atoms with Gasteiger partial charge in [0.25, 0.3) is 0 Å². The van der Waals surface area contributed by atoms with Gasteiger partial charge < -0.3 is 45.2 Å². The van der Waals surface area contributed by atoms with Gasteiger partial charge in [-0.2, -0.15) is 0 Å². The largest absolute Gasteiger partial charge is 0.478 e. The van der Waals surface area contributed by atoms with Crippen molar-refractivity contribution in [1.29, 1.82) is 0 Å². The Labute approximate surface area is 174 Å². The van der Waals surface area contributed by atoms with Gasteiger partial charge in [-0.15, -0.1) is 0 Å². The molecule has 168 valence electrons. The fourth-order valence-electron chi connectivity index (χ4n) is 2.61. The van der Waals surface area contributed by atoms with Crippen LogP contribution in [0.2, 0.25) is 5.02 Å². The van der Waals surface area contributed by atoms with Crippen molar-refractivity contribution in [2.24, 2.45) is 0 Å². The molecule has 0 spiro atoms. The zero-order valence-corrected chi connectivity index (χ0v) is 16.7. The lowest BCUT2D eigenvalue weighted by Gasteiger charge is -2.39. The highest BCUT2D eigenvalue weighted by Crippen LogP contribution is 2.43. The molecule has 0 saturated heterocycles. The molecule has 1 aromatic rings. The summed E-state index contributed by atoms with van der Waals surface area (Å²) in [5.41, 5.74) is -1.83. The molecule has 1 aliphatic heterocycles. The second kappa shape index (κ2) is 7.70. The first-order valence-electron chi connectivity index (χ1n) is 8.30.